The Hall–Kier alpha value is -2.31. The number of hydrogen-bond acceptors (Lipinski definition) is 5. The Bertz CT molecular complexity index is 746. The largest absolute Gasteiger partial charge is 0.332 e. The van der Waals surface area contributed by atoms with Crippen molar-refractivity contribution in [1.82, 2.24) is 29.9 Å². The van der Waals surface area contributed by atoms with Crippen molar-refractivity contribution in [2.24, 2.45) is 0 Å². The molecule has 7 heteroatoms. The van der Waals surface area contributed by atoms with Gasteiger partial charge < -0.3 is 4.90 Å². The summed E-state index contributed by atoms with van der Waals surface area (Å²) < 4.78 is 1.89. The van der Waals surface area contributed by atoms with E-state index < -0.39 is 0 Å². The van der Waals surface area contributed by atoms with Crippen LogP contribution in [-0.2, 0) is 6.54 Å². The molecule has 0 radical (unpaired) electrons. The van der Waals surface area contributed by atoms with Gasteiger partial charge in [-0.3, -0.25) is 9.48 Å². The molecule has 1 atom stereocenters. The molecular formula is C17H22N6O. The molecule has 126 valence electrons. The molecule has 4 rings (SSSR count). The quantitative estimate of drug-likeness (QED) is 0.857. The number of hydrogen-bond donors (Lipinski definition) is 0. The second-order valence-electron chi connectivity index (χ2n) is 6.88. The lowest BCUT2D eigenvalue weighted by Gasteiger charge is -2.24. The average molecular weight is 326 g/mol. The second kappa shape index (κ2) is 5.96. The van der Waals surface area contributed by atoms with E-state index in [4.69, 9.17) is 0 Å². The summed E-state index contributed by atoms with van der Waals surface area (Å²) in [5.41, 5.74) is 2.41. The summed E-state index contributed by atoms with van der Waals surface area (Å²) in [6.07, 6.45) is 6.49. The van der Waals surface area contributed by atoms with Crippen LogP contribution in [0.3, 0.4) is 0 Å². The van der Waals surface area contributed by atoms with E-state index in [9.17, 15) is 4.79 Å². The molecule has 1 saturated heterocycles. The molecule has 24 heavy (non-hydrogen) atoms. The third-order valence-corrected chi connectivity index (χ3v) is 4.77. The Morgan fingerprint density at radius 1 is 1.25 bits per heavy atom. The highest BCUT2D eigenvalue weighted by atomic mass is 16.2. The summed E-state index contributed by atoms with van der Waals surface area (Å²) in [5.74, 6) is 1.24. The van der Waals surface area contributed by atoms with E-state index in [1.807, 2.05) is 29.6 Å². The van der Waals surface area contributed by atoms with Crippen LogP contribution in [0.4, 0.5) is 0 Å². The summed E-state index contributed by atoms with van der Waals surface area (Å²) in [6.45, 7) is 5.19. The summed E-state index contributed by atoms with van der Waals surface area (Å²) in [5, 5.41) is 8.50. The van der Waals surface area contributed by atoms with Crippen molar-refractivity contribution < 1.29 is 4.79 Å². The molecule has 2 aromatic rings. The molecule has 0 aromatic carbocycles. The number of aromatic nitrogens is 5. The molecule has 0 unspecified atom stereocenters. The number of carbonyl (C=O) groups is 1. The van der Waals surface area contributed by atoms with Crippen molar-refractivity contribution in [3.05, 3.63) is 35.2 Å². The first-order valence-electron chi connectivity index (χ1n) is 8.63. The van der Waals surface area contributed by atoms with Crippen LogP contribution in [0.2, 0.25) is 0 Å². The van der Waals surface area contributed by atoms with E-state index in [1.165, 1.54) is 12.8 Å². The zero-order chi connectivity index (χ0) is 16.7. The van der Waals surface area contributed by atoms with Crippen molar-refractivity contribution >= 4 is 5.91 Å². The first-order chi connectivity index (χ1) is 11.6. The fourth-order valence-electron chi connectivity index (χ4n) is 3.45. The Morgan fingerprint density at radius 2 is 2.08 bits per heavy atom. The minimum atomic E-state index is -0.00590. The van der Waals surface area contributed by atoms with Gasteiger partial charge in [0.25, 0.3) is 5.91 Å². The van der Waals surface area contributed by atoms with Gasteiger partial charge in [0.2, 0.25) is 0 Å². The lowest BCUT2D eigenvalue weighted by molar-refractivity contribution is 0.0714. The maximum Gasteiger partial charge on any atom is 0.272 e. The fraction of sp³-hybridized carbons (Fsp3) is 0.588. The smallest absolute Gasteiger partial charge is 0.272 e. The van der Waals surface area contributed by atoms with Crippen molar-refractivity contribution in [3.63, 3.8) is 0 Å². The maximum absolute atomic E-state index is 12.9. The first kappa shape index (κ1) is 15.2. The molecular weight excluding hydrogens is 304 g/mol. The van der Waals surface area contributed by atoms with Gasteiger partial charge in [-0.15, -0.1) is 5.10 Å². The number of aryl methyl sites for hydroxylation is 2. The molecule has 2 aromatic heterocycles. The highest BCUT2D eigenvalue weighted by Gasteiger charge is 2.32. The summed E-state index contributed by atoms with van der Waals surface area (Å²) in [6, 6.07) is 1.92. The molecule has 3 heterocycles. The standard InChI is InChI=1S/C17H22N6O/c1-11-8-15(19-12(2)18-11)17(24)23-7-3-4-14(23)9-22-10-16(20-21-22)13-5-6-13/h8,10,13-14H,3-7,9H2,1-2H3/t14-/m0/s1. The zero-order valence-corrected chi connectivity index (χ0v) is 14.1. The number of carbonyl (C=O) groups excluding carboxylic acids is 1. The lowest BCUT2D eigenvalue weighted by Crippen LogP contribution is -2.38. The van der Waals surface area contributed by atoms with Crippen LogP contribution in [-0.4, -0.2) is 48.4 Å². The van der Waals surface area contributed by atoms with E-state index in [1.54, 1.807) is 6.07 Å². The average Bonchev–Trinajstić information content (AvgIpc) is 3.11. The van der Waals surface area contributed by atoms with Crippen molar-refractivity contribution in [3.8, 4) is 0 Å². The molecule has 1 saturated carbocycles. The molecule has 1 aliphatic heterocycles. The molecule has 7 nitrogen and oxygen atoms in total. The number of amides is 1. The van der Waals surface area contributed by atoms with Crippen LogP contribution >= 0.6 is 0 Å². The van der Waals surface area contributed by atoms with Gasteiger partial charge in [-0.1, -0.05) is 5.21 Å². The van der Waals surface area contributed by atoms with Crippen LogP contribution in [0.15, 0.2) is 12.3 Å². The molecule has 2 fully saturated rings. The van der Waals surface area contributed by atoms with Gasteiger partial charge >= 0.3 is 0 Å². The maximum atomic E-state index is 12.9. The van der Waals surface area contributed by atoms with Gasteiger partial charge in [-0.2, -0.15) is 0 Å². The van der Waals surface area contributed by atoms with Gasteiger partial charge in [-0.05, 0) is 45.6 Å². The normalized spacial score (nSPS) is 20.6. The van der Waals surface area contributed by atoms with Gasteiger partial charge in [-0.25, -0.2) is 9.97 Å². The monoisotopic (exact) mass is 326 g/mol. The highest BCUT2D eigenvalue weighted by molar-refractivity contribution is 5.92. The number of likely N-dealkylation sites (tertiary alicyclic amines) is 1. The van der Waals surface area contributed by atoms with Crippen LogP contribution < -0.4 is 0 Å². The molecule has 0 bridgehead atoms. The number of rotatable bonds is 4. The van der Waals surface area contributed by atoms with Gasteiger partial charge in [0, 0.05) is 24.4 Å². The Morgan fingerprint density at radius 3 is 2.83 bits per heavy atom. The molecule has 2 aliphatic rings. The van der Waals surface area contributed by atoms with E-state index in [-0.39, 0.29) is 11.9 Å². The van der Waals surface area contributed by atoms with Gasteiger partial charge in [0.1, 0.15) is 11.5 Å². The van der Waals surface area contributed by atoms with Crippen LogP contribution in [0.1, 0.15) is 59.3 Å². The summed E-state index contributed by atoms with van der Waals surface area (Å²) in [4.78, 5) is 23.4. The molecule has 1 aliphatic carbocycles. The lowest BCUT2D eigenvalue weighted by atomic mass is 10.2. The SMILES string of the molecule is Cc1cc(C(=O)N2CCC[C@H]2Cn2cc(C3CC3)nn2)nc(C)n1. The van der Waals surface area contributed by atoms with Crippen LogP contribution in [0, 0.1) is 13.8 Å². The third kappa shape index (κ3) is 3.02. The molecule has 1 amide bonds. The third-order valence-electron chi connectivity index (χ3n) is 4.77. The highest BCUT2D eigenvalue weighted by Crippen LogP contribution is 2.38. The predicted molar refractivity (Wildman–Crippen MR) is 87.6 cm³/mol. The fourth-order valence-corrected chi connectivity index (χ4v) is 3.45. The van der Waals surface area contributed by atoms with E-state index >= 15 is 0 Å². The van der Waals surface area contributed by atoms with E-state index in [0.29, 0.717) is 24.0 Å². The van der Waals surface area contributed by atoms with Crippen molar-refractivity contribution in [1.29, 1.82) is 0 Å². The Balaban J connectivity index is 1.49. The molecule has 0 N–H and O–H groups in total. The number of nitrogens with zero attached hydrogens (tertiary/aromatic N) is 6. The van der Waals surface area contributed by atoms with Crippen LogP contribution in [0.5, 0.6) is 0 Å². The zero-order valence-electron chi connectivity index (χ0n) is 14.1. The Kier molecular flexibility index (Phi) is 3.78. The minimum Gasteiger partial charge on any atom is -0.332 e. The Labute approximate surface area is 141 Å². The minimum absolute atomic E-state index is 0.00590. The topological polar surface area (TPSA) is 76.8 Å². The first-order valence-corrected chi connectivity index (χ1v) is 8.63. The summed E-state index contributed by atoms with van der Waals surface area (Å²) >= 11 is 0. The van der Waals surface area contributed by atoms with E-state index in [0.717, 1.165) is 30.8 Å². The van der Waals surface area contributed by atoms with Gasteiger partial charge in [0.05, 0.1) is 18.3 Å². The second-order valence-corrected chi connectivity index (χ2v) is 6.88. The predicted octanol–water partition coefficient (Wildman–Crippen LogP) is 1.87. The van der Waals surface area contributed by atoms with Crippen molar-refractivity contribution in [2.75, 3.05) is 6.54 Å². The van der Waals surface area contributed by atoms with Crippen LogP contribution in [0.25, 0.3) is 0 Å². The van der Waals surface area contributed by atoms with Gasteiger partial charge in [0.15, 0.2) is 0 Å². The van der Waals surface area contributed by atoms with Crippen molar-refractivity contribution in [2.45, 2.75) is 58.0 Å². The molecule has 0 spiro atoms. The van der Waals surface area contributed by atoms with E-state index in [2.05, 4.69) is 20.3 Å². The summed E-state index contributed by atoms with van der Waals surface area (Å²) in [7, 11) is 0.